The number of anilines is 1. The lowest BCUT2D eigenvalue weighted by molar-refractivity contribution is 0.225. The summed E-state index contributed by atoms with van der Waals surface area (Å²) in [4.78, 5) is 20.5. The van der Waals surface area contributed by atoms with Crippen molar-refractivity contribution in [1.29, 1.82) is 0 Å². The molecule has 0 saturated heterocycles. The molecule has 4 aromatic rings. The number of halogens is 1. The molecule has 4 rings (SSSR count). The first-order valence-electron chi connectivity index (χ1n) is 9.25. The van der Waals surface area contributed by atoms with Gasteiger partial charge in [-0.3, -0.25) is 15.4 Å². The summed E-state index contributed by atoms with van der Waals surface area (Å²) in [7, 11) is 0. The third-order valence-electron chi connectivity index (χ3n) is 4.65. The minimum Gasteiger partial charge on any atom is -0.394 e. The molecule has 3 heterocycles. The number of aromatic nitrogens is 4. The zero-order valence-electron chi connectivity index (χ0n) is 16.1. The lowest BCUT2D eigenvalue weighted by atomic mass is 10.1. The van der Waals surface area contributed by atoms with Crippen LogP contribution in [0, 0.1) is 12.7 Å². The molecule has 3 aromatic heterocycles. The molecule has 0 aliphatic heterocycles. The molecule has 1 atom stereocenters. The Labute approximate surface area is 171 Å². The molecule has 9 heteroatoms. The van der Waals surface area contributed by atoms with Gasteiger partial charge < -0.3 is 10.4 Å². The van der Waals surface area contributed by atoms with E-state index in [0.29, 0.717) is 11.1 Å². The number of hydrogen-bond donors (Lipinski definition) is 4. The maximum absolute atomic E-state index is 14.9. The van der Waals surface area contributed by atoms with Crippen molar-refractivity contribution in [2.75, 3.05) is 11.9 Å². The van der Waals surface area contributed by atoms with Crippen LogP contribution in [0.5, 0.6) is 0 Å². The number of carbonyl (C=O) groups excluding carboxylic acids is 1. The third-order valence-corrected chi connectivity index (χ3v) is 4.65. The van der Waals surface area contributed by atoms with Crippen molar-refractivity contribution in [2.24, 2.45) is 0 Å². The van der Waals surface area contributed by atoms with E-state index < -0.39 is 17.9 Å². The lowest BCUT2D eigenvalue weighted by Crippen LogP contribution is -2.34. The standard InChI is InChI=1S/C21H19FN6O2/c1-12-9-14(7-8-23-12)18-15-10-24-20(17(22)19(15)28-27-18)26-21(30)25-16(11-29)13-5-3-2-4-6-13/h2-10,16,29H,11H2,1H3,(H,27,28)(H2,24,25,26,30)/t16-/m1/s1. The fourth-order valence-electron chi connectivity index (χ4n) is 3.17. The molecular formula is C21H19FN6O2. The number of H-pyrrole nitrogens is 1. The summed E-state index contributed by atoms with van der Waals surface area (Å²) in [6.45, 7) is 1.55. The van der Waals surface area contributed by atoms with E-state index in [1.54, 1.807) is 36.5 Å². The van der Waals surface area contributed by atoms with Gasteiger partial charge in [0.2, 0.25) is 0 Å². The van der Waals surface area contributed by atoms with E-state index in [1.165, 1.54) is 6.20 Å². The van der Waals surface area contributed by atoms with Gasteiger partial charge in [-0.2, -0.15) is 5.10 Å². The second-order valence-corrected chi connectivity index (χ2v) is 6.71. The number of nitrogens with one attached hydrogen (secondary N) is 3. The van der Waals surface area contributed by atoms with Crippen LogP contribution in [0.1, 0.15) is 17.3 Å². The molecule has 8 nitrogen and oxygen atoms in total. The summed E-state index contributed by atoms with van der Waals surface area (Å²) in [6, 6.07) is 11.3. The Balaban J connectivity index is 1.56. The molecule has 1 aromatic carbocycles. The molecule has 0 unspecified atom stereocenters. The number of amides is 2. The average molecular weight is 406 g/mol. The van der Waals surface area contributed by atoms with E-state index in [2.05, 4.69) is 30.8 Å². The van der Waals surface area contributed by atoms with Crippen LogP contribution in [0.25, 0.3) is 22.2 Å². The summed E-state index contributed by atoms with van der Waals surface area (Å²) in [6.07, 6.45) is 3.10. The number of carbonyl (C=O) groups is 1. The first kappa shape index (κ1) is 19.5. The molecule has 2 amide bonds. The maximum atomic E-state index is 14.9. The molecule has 30 heavy (non-hydrogen) atoms. The number of benzene rings is 1. The van der Waals surface area contributed by atoms with Crippen LogP contribution < -0.4 is 10.6 Å². The average Bonchev–Trinajstić information content (AvgIpc) is 3.19. The second-order valence-electron chi connectivity index (χ2n) is 6.71. The number of pyridine rings is 2. The number of aliphatic hydroxyl groups excluding tert-OH is 1. The molecule has 0 saturated carbocycles. The van der Waals surface area contributed by atoms with Crippen molar-refractivity contribution in [3.63, 3.8) is 0 Å². The van der Waals surface area contributed by atoms with Gasteiger partial charge in [-0.15, -0.1) is 0 Å². The van der Waals surface area contributed by atoms with Gasteiger partial charge in [0.25, 0.3) is 0 Å². The first-order chi connectivity index (χ1) is 14.6. The summed E-state index contributed by atoms with van der Waals surface area (Å²) in [5, 5.41) is 21.9. The van der Waals surface area contributed by atoms with Crippen LogP contribution in [-0.2, 0) is 0 Å². The Bertz CT molecular complexity index is 1190. The molecule has 0 bridgehead atoms. The molecule has 0 fully saturated rings. The van der Waals surface area contributed by atoms with Crippen LogP contribution in [0.2, 0.25) is 0 Å². The quantitative estimate of drug-likeness (QED) is 0.406. The highest BCUT2D eigenvalue weighted by molar-refractivity contribution is 5.96. The van der Waals surface area contributed by atoms with E-state index in [1.807, 2.05) is 19.1 Å². The van der Waals surface area contributed by atoms with E-state index in [4.69, 9.17) is 0 Å². The molecule has 0 aliphatic carbocycles. The van der Waals surface area contributed by atoms with Crippen molar-refractivity contribution in [2.45, 2.75) is 13.0 Å². The number of hydrogen-bond acceptors (Lipinski definition) is 5. The zero-order chi connectivity index (χ0) is 21.1. The fraction of sp³-hybridized carbons (Fsp3) is 0.143. The minimum absolute atomic E-state index is 0.131. The molecule has 0 aliphatic rings. The van der Waals surface area contributed by atoms with Gasteiger partial charge in [0.1, 0.15) is 11.2 Å². The molecular weight excluding hydrogens is 387 g/mol. The Morgan fingerprint density at radius 1 is 1.23 bits per heavy atom. The van der Waals surface area contributed by atoms with Crippen molar-refractivity contribution in [1.82, 2.24) is 25.5 Å². The van der Waals surface area contributed by atoms with Crippen LogP contribution in [0.3, 0.4) is 0 Å². The highest BCUT2D eigenvalue weighted by atomic mass is 19.1. The number of nitrogens with zero attached hydrogens (tertiary/aromatic N) is 3. The van der Waals surface area contributed by atoms with Gasteiger partial charge in [0, 0.05) is 29.0 Å². The Morgan fingerprint density at radius 2 is 2.03 bits per heavy atom. The topological polar surface area (TPSA) is 116 Å². The van der Waals surface area contributed by atoms with Gasteiger partial charge in [0.05, 0.1) is 12.6 Å². The minimum atomic E-state index is -0.729. The smallest absolute Gasteiger partial charge is 0.321 e. The van der Waals surface area contributed by atoms with E-state index in [-0.39, 0.29) is 17.9 Å². The lowest BCUT2D eigenvalue weighted by Gasteiger charge is -2.17. The number of rotatable bonds is 5. The highest BCUT2D eigenvalue weighted by Gasteiger charge is 2.19. The Kier molecular flexibility index (Phi) is 5.36. The van der Waals surface area contributed by atoms with Crippen molar-refractivity contribution in [3.8, 4) is 11.3 Å². The molecule has 152 valence electrons. The van der Waals surface area contributed by atoms with Crippen LogP contribution in [-0.4, -0.2) is 37.9 Å². The van der Waals surface area contributed by atoms with Crippen molar-refractivity contribution in [3.05, 3.63) is 71.9 Å². The van der Waals surface area contributed by atoms with Crippen LogP contribution >= 0.6 is 0 Å². The van der Waals surface area contributed by atoms with Crippen molar-refractivity contribution >= 4 is 22.8 Å². The fourth-order valence-corrected chi connectivity index (χ4v) is 3.17. The maximum Gasteiger partial charge on any atom is 0.321 e. The van der Waals surface area contributed by atoms with E-state index in [9.17, 15) is 14.3 Å². The number of urea groups is 1. The van der Waals surface area contributed by atoms with Gasteiger partial charge in [-0.25, -0.2) is 14.2 Å². The van der Waals surface area contributed by atoms with Crippen LogP contribution in [0.4, 0.5) is 15.0 Å². The summed E-state index contributed by atoms with van der Waals surface area (Å²) >= 11 is 0. The predicted molar refractivity (Wildman–Crippen MR) is 110 cm³/mol. The van der Waals surface area contributed by atoms with Gasteiger partial charge in [-0.1, -0.05) is 30.3 Å². The molecule has 0 radical (unpaired) electrons. The normalized spacial score (nSPS) is 12.0. The van der Waals surface area contributed by atoms with Crippen molar-refractivity contribution < 1.29 is 14.3 Å². The Morgan fingerprint density at radius 3 is 2.77 bits per heavy atom. The zero-order valence-corrected chi connectivity index (χ0v) is 16.1. The Hall–Kier alpha value is -3.85. The summed E-state index contributed by atoms with van der Waals surface area (Å²) < 4.78 is 14.9. The van der Waals surface area contributed by atoms with Gasteiger partial charge >= 0.3 is 6.03 Å². The number of aryl methyl sites for hydroxylation is 1. The molecule has 0 spiro atoms. The van der Waals surface area contributed by atoms with Gasteiger partial charge in [0.15, 0.2) is 11.6 Å². The largest absolute Gasteiger partial charge is 0.394 e. The second kappa shape index (κ2) is 8.26. The van der Waals surface area contributed by atoms with E-state index >= 15 is 0 Å². The van der Waals surface area contributed by atoms with Crippen LogP contribution in [0.15, 0.2) is 54.9 Å². The number of aliphatic hydroxyl groups is 1. The predicted octanol–water partition coefficient (Wildman–Crippen LogP) is 3.32. The first-order valence-corrected chi connectivity index (χ1v) is 9.25. The van der Waals surface area contributed by atoms with E-state index in [0.717, 1.165) is 16.8 Å². The number of fused-ring (bicyclic) bond motifs is 1. The SMILES string of the molecule is Cc1cc(-c2n[nH]c3c(F)c(NC(=O)N[C@H](CO)c4ccccc4)ncc23)ccn1. The van der Waals surface area contributed by atoms with Gasteiger partial charge in [-0.05, 0) is 24.6 Å². The summed E-state index contributed by atoms with van der Waals surface area (Å²) in [5.41, 5.74) is 2.99. The summed E-state index contributed by atoms with van der Waals surface area (Å²) in [5.74, 6) is -0.974. The molecule has 4 N–H and O–H groups in total. The highest BCUT2D eigenvalue weighted by Crippen LogP contribution is 2.29. The number of aromatic amines is 1. The monoisotopic (exact) mass is 406 g/mol. The third kappa shape index (κ3) is 3.83.